The maximum Gasteiger partial charge on any atom is 0.165 e. The summed E-state index contributed by atoms with van der Waals surface area (Å²) in [6, 6.07) is 7.47. The van der Waals surface area contributed by atoms with Crippen LogP contribution in [0.4, 0.5) is 5.69 Å². The second-order valence-corrected chi connectivity index (χ2v) is 8.12. The molecular weight excluding hydrogens is 274 g/mol. The third kappa shape index (κ3) is 3.20. The Labute approximate surface area is 120 Å². The normalized spacial score (nSPS) is 16.1. The molecule has 0 atom stereocenters. The van der Waals surface area contributed by atoms with Crippen molar-refractivity contribution in [3.63, 3.8) is 0 Å². The maximum absolute atomic E-state index is 12.0. The van der Waals surface area contributed by atoms with Crippen LogP contribution < -0.4 is 4.90 Å². The Bertz CT molecular complexity index is 593. The minimum atomic E-state index is -3.05. The molecule has 0 bridgehead atoms. The van der Waals surface area contributed by atoms with Crippen LogP contribution in [0.15, 0.2) is 24.3 Å². The highest BCUT2D eigenvalue weighted by molar-refractivity contribution is 7.92. The van der Waals surface area contributed by atoms with Gasteiger partial charge in [0.25, 0.3) is 0 Å². The van der Waals surface area contributed by atoms with Gasteiger partial charge in [-0.05, 0) is 32.4 Å². The summed E-state index contributed by atoms with van der Waals surface area (Å²) in [4.78, 5) is 14.0. The number of fused-ring (bicyclic) bond motifs is 1. The predicted molar refractivity (Wildman–Crippen MR) is 81.1 cm³/mol. The van der Waals surface area contributed by atoms with Crippen molar-refractivity contribution in [3.05, 3.63) is 29.8 Å². The molecule has 110 valence electrons. The van der Waals surface area contributed by atoms with E-state index in [2.05, 4.69) is 0 Å². The van der Waals surface area contributed by atoms with Gasteiger partial charge in [-0.25, -0.2) is 8.42 Å². The summed E-state index contributed by atoms with van der Waals surface area (Å²) >= 11 is 0. The fraction of sp³-hybridized carbons (Fsp3) is 0.533. The van der Waals surface area contributed by atoms with Gasteiger partial charge < -0.3 is 4.90 Å². The number of hydrogen-bond donors (Lipinski definition) is 0. The van der Waals surface area contributed by atoms with Crippen molar-refractivity contribution in [1.82, 2.24) is 0 Å². The number of ketones is 1. The largest absolute Gasteiger partial charge is 0.370 e. The Kier molecular flexibility index (Phi) is 4.48. The van der Waals surface area contributed by atoms with Gasteiger partial charge in [-0.15, -0.1) is 0 Å². The van der Waals surface area contributed by atoms with E-state index in [0.717, 1.165) is 18.7 Å². The number of anilines is 1. The lowest BCUT2D eigenvalue weighted by Crippen LogP contribution is -2.32. The van der Waals surface area contributed by atoms with Crippen LogP contribution in [0.2, 0.25) is 0 Å². The number of benzene rings is 1. The number of hydrogen-bond acceptors (Lipinski definition) is 4. The van der Waals surface area contributed by atoms with Crippen molar-refractivity contribution in [1.29, 1.82) is 0 Å². The summed E-state index contributed by atoms with van der Waals surface area (Å²) in [6.07, 6.45) is 1.31. The summed E-state index contributed by atoms with van der Waals surface area (Å²) in [5, 5.41) is -0.355. The minimum absolute atomic E-state index is 0.132. The molecule has 4 nitrogen and oxygen atoms in total. The van der Waals surface area contributed by atoms with Gasteiger partial charge in [0.15, 0.2) is 15.6 Å². The first-order chi connectivity index (χ1) is 9.42. The van der Waals surface area contributed by atoms with E-state index in [9.17, 15) is 13.2 Å². The molecule has 0 aromatic heterocycles. The first-order valence-electron chi connectivity index (χ1n) is 7.00. The lowest BCUT2D eigenvalue weighted by molar-refractivity contribution is 0.0984. The molecule has 0 radical (unpaired) electrons. The number of carbonyl (C=O) groups excluding carboxylic acids is 1. The highest BCUT2D eigenvalue weighted by atomic mass is 32.2. The molecule has 1 aliphatic rings. The lowest BCUT2D eigenvalue weighted by atomic mass is 10.1. The topological polar surface area (TPSA) is 54.5 Å². The molecule has 0 amide bonds. The monoisotopic (exact) mass is 295 g/mol. The second kappa shape index (κ2) is 5.95. The first kappa shape index (κ1) is 15.0. The maximum atomic E-state index is 12.0. The summed E-state index contributed by atoms with van der Waals surface area (Å²) in [5.41, 5.74) is 1.58. The van der Waals surface area contributed by atoms with E-state index < -0.39 is 9.84 Å². The van der Waals surface area contributed by atoms with E-state index in [-0.39, 0.29) is 16.8 Å². The van der Waals surface area contributed by atoms with Crippen molar-refractivity contribution < 1.29 is 13.2 Å². The van der Waals surface area contributed by atoms with Gasteiger partial charge in [0.2, 0.25) is 0 Å². The van der Waals surface area contributed by atoms with Gasteiger partial charge in [0.05, 0.1) is 11.0 Å². The van der Waals surface area contributed by atoms with E-state index >= 15 is 0 Å². The molecule has 1 aliphatic heterocycles. The molecule has 0 aliphatic carbocycles. The van der Waals surface area contributed by atoms with E-state index in [1.807, 2.05) is 29.2 Å². The number of para-hydroxylation sites is 1. The van der Waals surface area contributed by atoms with Crippen molar-refractivity contribution in [2.75, 3.05) is 23.7 Å². The van der Waals surface area contributed by atoms with Crippen LogP contribution in [0.25, 0.3) is 0 Å². The van der Waals surface area contributed by atoms with Crippen LogP contribution in [-0.4, -0.2) is 38.3 Å². The van der Waals surface area contributed by atoms with Crippen molar-refractivity contribution in [2.24, 2.45) is 0 Å². The van der Waals surface area contributed by atoms with Gasteiger partial charge in [0.1, 0.15) is 0 Å². The quantitative estimate of drug-likeness (QED) is 0.855. The molecule has 1 aromatic carbocycles. The van der Waals surface area contributed by atoms with Crippen LogP contribution in [0.1, 0.15) is 37.0 Å². The average Bonchev–Trinajstić information content (AvgIpc) is 2.57. The highest BCUT2D eigenvalue weighted by Crippen LogP contribution is 2.26. The van der Waals surface area contributed by atoms with Crippen LogP contribution in [0.5, 0.6) is 0 Å². The number of nitrogens with zero attached hydrogens (tertiary/aromatic N) is 1. The zero-order valence-corrected chi connectivity index (χ0v) is 12.8. The third-order valence-corrected chi connectivity index (χ3v) is 5.93. The van der Waals surface area contributed by atoms with E-state index in [4.69, 9.17) is 0 Å². The summed E-state index contributed by atoms with van der Waals surface area (Å²) < 4.78 is 23.9. The molecule has 0 fully saturated rings. The van der Waals surface area contributed by atoms with Gasteiger partial charge in [0, 0.05) is 30.8 Å². The van der Waals surface area contributed by atoms with Crippen molar-refractivity contribution in [3.8, 4) is 0 Å². The Morgan fingerprint density at radius 1 is 1.25 bits per heavy atom. The first-order valence-corrected chi connectivity index (χ1v) is 8.72. The standard InChI is InChI=1S/C15H21NO3S/c1-12(2)20(18,19)11-10-16-9-5-8-15(17)13-6-3-4-7-14(13)16/h3-4,6-7,12H,5,8-11H2,1-2H3. The lowest BCUT2D eigenvalue weighted by Gasteiger charge is -2.24. The third-order valence-electron chi connectivity index (χ3n) is 3.74. The number of rotatable bonds is 4. The van der Waals surface area contributed by atoms with E-state index in [1.54, 1.807) is 13.8 Å². The van der Waals surface area contributed by atoms with E-state index in [1.165, 1.54) is 0 Å². The van der Waals surface area contributed by atoms with Gasteiger partial charge in [-0.3, -0.25) is 4.79 Å². The van der Waals surface area contributed by atoms with Crippen LogP contribution in [-0.2, 0) is 9.84 Å². The number of sulfone groups is 1. The predicted octanol–water partition coefficient (Wildman–Crippen LogP) is 2.29. The Hall–Kier alpha value is -1.36. The highest BCUT2D eigenvalue weighted by Gasteiger charge is 2.23. The smallest absolute Gasteiger partial charge is 0.165 e. The van der Waals surface area contributed by atoms with Gasteiger partial charge >= 0.3 is 0 Å². The SMILES string of the molecule is CC(C)S(=O)(=O)CCN1CCCC(=O)c2ccccc21. The summed E-state index contributed by atoms with van der Waals surface area (Å²) in [6.45, 7) is 4.59. The Morgan fingerprint density at radius 2 is 1.95 bits per heavy atom. The Morgan fingerprint density at radius 3 is 2.65 bits per heavy atom. The number of carbonyl (C=O) groups is 1. The van der Waals surface area contributed by atoms with Crippen molar-refractivity contribution >= 4 is 21.3 Å². The molecule has 1 heterocycles. The zero-order valence-electron chi connectivity index (χ0n) is 12.0. The number of Topliss-reactive ketones (excluding diaryl/α,β-unsaturated/α-hetero) is 1. The molecule has 2 rings (SSSR count). The summed E-state index contributed by atoms with van der Waals surface area (Å²) in [7, 11) is -3.05. The molecule has 0 spiro atoms. The fourth-order valence-corrected chi connectivity index (χ4v) is 3.32. The van der Waals surface area contributed by atoms with Crippen LogP contribution in [0, 0.1) is 0 Å². The molecule has 1 aromatic rings. The van der Waals surface area contributed by atoms with Crippen LogP contribution >= 0.6 is 0 Å². The average molecular weight is 295 g/mol. The zero-order chi connectivity index (χ0) is 14.8. The van der Waals surface area contributed by atoms with Gasteiger partial charge in [-0.2, -0.15) is 0 Å². The molecule has 5 heteroatoms. The molecular formula is C15H21NO3S. The molecule has 0 unspecified atom stereocenters. The fourth-order valence-electron chi connectivity index (χ4n) is 2.38. The van der Waals surface area contributed by atoms with Crippen LogP contribution in [0.3, 0.4) is 0 Å². The molecule has 0 N–H and O–H groups in total. The molecule has 20 heavy (non-hydrogen) atoms. The van der Waals surface area contributed by atoms with Gasteiger partial charge in [-0.1, -0.05) is 12.1 Å². The molecule has 0 saturated carbocycles. The Balaban J connectivity index is 2.21. The van der Waals surface area contributed by atoms with E-state index in [0.29, 0.717) is 18.5 Å². The second-order valence-electron chi connectivity index (χ2n) is 5.45. The summed E-state index contributed by atoms with van der Waals surface area (Å²) in [5.74, 6) is 0.280. The van der Waals surface area contributed by atoms with Crippen molar-refractivity contribution in [2.45, 2.75) is 31.9 Å². The minimum Gasteiger partial charge on any atom is -0.370 e. The molecule has 0 saturated heterocycles.